The maximum atomic E-state index is 11.8. The van der Waals surface area contributed by atoms with Crippen LogP contribution in [0.3, 0.4) is 0 Å². The van der Waals surface area contributed by atoms with E-state index >= 15 is 0 Å². The molecule has 22 heavy (non-hydrogen) atoms. The highest BCUT2D eigenvalue weighted by atomic mass is 35.5. The number of amides is 2. The molecule has 1 rings (SSSR count). The fourth-order valence-corrected chi connectivity index (χ4v) is 1.80. The Kier molecular flexibility index (Phi) is 8.97. The number of nitrogens with two attached hydrogens (primary N) is 1. The number of carbonyl (C=O) groups excluding carboxylic acids is 2. The Morgan fingerprint density at radius 2 is 1.91 bits per heavy atom. The highest BCUT2D eigenvalue weighted by molar-refractivity contribution is 5.86. The van der Waals surface area contributed by atoms with Gasteiger partial charge in [0.05, 0.1) is 33.4 Å². The molecule has 0 bridgehead atoms. The van der Waals surface area contributed by atoms with Gasteiger partial charge in [-0.25, -0.2) is 0 Å². The average Bonchev–Trinajstić information content (AvgIpc) is 2.51. The van der Waals surface area contributed by atoms with Crippen molar-refractivity contribution >= 4 is 24.2 Å². The quantitative estimate of drug-likeness (QED) is 0.670. The van der Waals surface area contributed by atoms with Gasteiger partial charge in [0.15, 0.2) is 0 Å². The second kappa shape index (κ2) is 9.86. The number of hydrogen-bond acceptors (Lipinski definition) is 5. The van der Waals surface area contributed by atoms with E-state index in [0.29, 0.717) is 11.5 Å². The zero-order valence-corrected chi connectivity index (χ0v) is 13.7. The standard InChI is InChI=1S/C14H21N3O4.ClH/c1-9(17-14(19)8-16-13(18)7-15)11-6-10(20-2)4-5-12(11)21-3;/h4-6,9H,7-8,15H2,1-3H3,(H,16,18)(H,17,19);1H. The molecule has 8 heteroatoms. The van der Waals surface area contributed by atoms with E-state index in [2.05, 4.69) is 10.6 Å². The van der Waals surface area contributed by atoms with Gasteiger partial charge >= 0.3 is 0 Å². The van der Waals surface area contributed by atoms with E-state index in [1.807, 2.05) is 6.92 Å². The summed E-state index contributed by atoms with van der Waals surface area (Å²) in [5, 5.41) is 5.18. The van der Waals surface area contributed by atoms with Crippen LogP contribution >= 0.6 is 12.4 Å². The minimum Gasteiger partial charge on any atom is -0.497 e. The lowest BCUT2D eigenvalue weighted by Gasteiger charge is -2.18. The smallest absolute Gasteiger partial charge is 0.239 e. The van der Waals surface area contributed by atoms with Crippen LogP contribution in [-0.2, 0) is 9.59 Å². The molecule has 0 spiro atoms. The van der Waals surface area contributed by atoms with E-state index in [4.69, 9.17) is 15.2 Å². The van der Waals surface area contributed by atoms with Gasteiger partial charge in [-0.2, -0.15) is 0 Å². The Bertz CT molecular complexity index is 511. The zero-order chi connectivity index (χ0) is 15.8. The summed E-state index contributed by atoms with van der Waals surface area (Å²) in [5.41, 5.74) is 5.93. The Labute approximate surface area is 135 Å². The molecule has 7 nitrogen and oxygen atoms in total. The van der Waals surface area contributed by atoms with E-state index in [9.17, 15) is 9.59 Å². The molecule has 2 amide bonds. The van der Waals surface area contributed by atoms with Crippen molar-refractivity contribution in [1.29, 1.82) is 0 Å². The number of rotatable bonds is 7. The summed E-state index contributed by atoms with van der Waals surface area (Å²) < 4.78 is 10.4. The van der Waals surface area contributed by atoms with Crippen molar-refractivity contribution in [1.82, 2.24) is 10.6 Å². The van der Waals surface area contributed by atoms with Crippen LogP contribution in [0, 0.1) is 0 Å². The van der Waals surface area contributed by atoms with Gasteiger partial charge in [-0.1, -0.05) is 0 Å². The van der Waals surface area contributed by atoms with Gasteiger partial charge in [0, 0.05) is 5.56 Å². The van der Waals surface area contributed by atoms with E-state index in [0.717, 1.165) is 5.56 Å². The molecular formula is C14H22ClN3O4. The first-order chi connectivity index (χ1) is 10.0. The molecular weight excluding hydrogens is 310 g/mol. The zero-order valence-electron chi connectivity index (χ0n) is 12.8. The highest BCUT2D eigenvalue weighted by Gasteiger charge is 2.15. The van der Waals surface area contributed by atoms with Crippen LogP contribution in [0.4, 0.5) is 0 Å². The van der Waals surface area contributed by atoms with Crippen LogP contribution in [-0.4, -0.2) is 39.1 Å². The molecule has 0 radical (unpaired) electrons. The minimum atomic E-state index is -0.378. The monoisotopic (exact) mass is 331 g/mol. The lowest BCUT2D eigenvalue weighted by Crippen LogP contribution is -2.40. The third kappa shape index (κ3) is 5.79. The first-order valence-electron chi connectivity index (χ1n) is 6.49. The van der Waals surface area contributed by atoms with Crippen molar-refractivity contribution in [2.24, 2.45) is 5.73 Å². The predicted octanol–water partition coefficient (Wildman–Crippen LogP) is 0.378. The number of methoxy groups -OCH3 is 2. The summed E-state index contributed by atoms with van der Waals surface area (Å²) in [6, 6.07) is 5.05. The number of nitrogens with one attached hydrogen (secondary N) is 2. The van der Waals surface area contributed by atoms with Gasteiger partial charge in [-0.05, 0) is 25.1 Å². The van der Waals surface area contributed by atoms with Crippen molar-refractivity contribution in [3.63, 3.8) is 0 Å². The van der Waals surface area contributed by atoms with Crippen LogP contribution in [0.2, 0.25) is 0 Å². The molecule has 0 saturated heterocycles. The van der Waals surface area contributed by atoms with Gasteiger partial charge in [-0.15, -0.1) is 12.4 Å². The molecule has 124 valence electrons. The largest absolute Gasteiger partial charge is 0.497 e. The van der Waals surface area contributed by atoms with E-state index in [-0.39, 0.29) is 43.4 Å². The predicted molar refractivity (Wildman–Crippen MR) is 85.4 cm³/mol. The Morgan fingerprint density at radius 1 is 1.23 bits per heavy atom. The van der Waals surface area contributed by atoms with Gasteiger partial charge in [-0.3, -0.25) is 9.59 Å². The highest BCUT2D eigenvalue weighted by Crippen LogP contribution is 2.29. The summed E-state index contributed by atoms with van der Waals surface area (Å²) in [4.78, 5) is 22.8. The van der Waals surface area contributed by atoms with Gasteiger partial charge in [0.25, 0.3) is 0 Å². The van der Waals surface area contributed by atoms with E-state index < -0.39 is 0 Å². The van der Waals surface area contributed by atoms with E-state index in [1.165, 1.54) is 0 Å². The number of carbonyl (C=O) groups is 2. The fourth-order valence-electron chi connectivity index (χ4n) is 1.80. The Hall–Kier alpha value is -1.99. The molecule has 0 heterocycles. The maximum Gasteiger partial charge on any atom is 0.239 e. The maximum absolute atomic E-state index is 11.8. The van der Waals surface area contributed by atoms with Crippen molar-refractivity contribution in [3.05, 3.63) is 23.8 Å². The fraction of sp³-hybridized carbons (Fsp3) is 0.429. The number of benzene rings is 1. The normalized spacial score (nSPS) is 10.9. The molecule has 0 aliphatic rings. The third-order valence-corrected chi connectivity index (χ3v) is 2.91. The Balaban J connectivity index is 0.00000441. The second-order valence-electron chi connectivity index (χ2n) is 4.38. The SMILES string of the molecule is COc1ccc(OC)c(C(C)NC(=O)CNC(=O)CN)c1.Cl. The van der Waals surface area contributed by atoms with Gasteiger partial charge in [0.1, 0.15) is 11.5 Å². The first-order valence-corrected chi connectivity index (χ1v) is 6.49. The van der Waals surface area contributed by atoms with Gasteiger partial charge in [0.2, 0.25) is 11.8 Å². The molecule has 0 saturated carbocycles. The molecule has 0 aliphatic heterocycles. The lowest BCUT2D eigenvalue weighted by atomic mass is 10.1. The molecule has 1 unspecified atom stereocenters. The molecule has 4 N–H and O–H groups in total. The number of hydrogen-bond donors (Lipinski definition) is 3. The summed E-state index contributed by atoms with van der Waals surface area (Å²) >= 11 is 0. The van der Waals surface area contributed by atoms with Gasteiger partial charge < -0.3 is 25.8 Å². The molecule has 0 aromatic heterocycles. The molecule has 0 aliphatic carbocycles. The third-order valence-electron chi connectivity index (χ3n) is 2.91. The first kappa shape index (κ1) is 20.0. The summed E-state index contributed by atoms with van der Waals surface area (Å²) in [6.45, 7) is 1.55. The van der Waals surface area contributed by atoms with Crippen molar-refractivity contribution < 1.29 is 19.1 Å². The van der Waals surface area contributed by atoms with Crippen molar-refractivity contribution in [2.75, 3.05) is 27.3 Å². The minimum absolute atomic E-state index is 0. The van der Waals surface area contributed by atoms with Crippen LogP contribution in [0.5, 0.6) is 11.5 Å². The number of ether oxygens (including phenoxy) is 2. The molecule has 1 aromatic rings. The summed E-state index contributed by atoms with van der Waals surface area (Å²) in [5.74, 6) is 0.629. The topological polar surface area (TPSA) is 103 Å². The van der Waals surface area contributed by atoms with Crippen LogP contribution in [0.1, 0.15) is 18.5 Å². The second-order valence-corrected chi connectivity index (χ2v) is 4.38. The average molecular weight is 332 g/mol. The lowest BCUT2D eigenvalue weighted by molar-refractivity contribution is -0.125. The molecule has 1 atom stereocenters. The Morgan fingerprint density at radius 3 is 2.45 bits per heavy atom. The van der Waals surface area contributed by atoms with Crippen LogP contribution in [0.15, 0.2) is 18.2 Å². The van der Waals surface area contributed by atoms with Crippen molar-refractivity contribution in [2.45, 2.75) is 13.0 Å². The molecule has 0 fully saturated rings. The summed E-state index contributed by atoms with van der Waals surface area (Å²) in [6.07, 6.45) is 0. The van der Waals surface area contributed by atoms with Crippen LogP contribution < -0.4 is 25.8 Å². The van der Waals surface area contributed by atoms with E-state index in [1.54, 1.807) is 32.4 Å². The summed E-state index contributed by atoms with van der Waals surface area (Å²) in [7, 11) is 3.12. The van der Waals surface area contributed by atoms with Crippen molar-refractivity contribution in [3.8, 4) is 11.5 Å². The number of halogens is 1. The molecule has 1 aromatic carbocycles. The van der Waals surface area contributed by atoms with Crippen LogP contribution in [0.25, 0.3) is 0 Å².